The number of Topliss-reactive ketones (excluding diaryl/α,β-unsaturated/α-hetero) is 1. The lowest BCUT2D eigenvalue weighted by atomic mass is 9.67. The predicted molar refractivity (Wildman–Crippen MR) is 82.2 cm³/mol. The van der Waals surface area contributed by atoms with E-state index in [1.807, 2.05) is 31.5 Å². The Labute approximate surface area is 130 Å². The molecule has 0 fully saturated rings. The molecule has 2 unspecified atom stereocenters. The van der Waals surface area contributed by atoms with Gasteiger partial charge in [-0.25, -0.2) is 4.98 Å². The van der Waals surface area contributed by atoms with Gasteiger partial charge in [0.25, 0.3) is 0 Å². The molecule has 4 nitrogen and oxygen atoms in total. The van der Waals surface area contributed by atoms with E-state index in [4.69, 9.17) is 0 Å². The van der Waals surface area contributed by atoms with E-state index in [9.17, 15) is 10.1 Å². The van der Waals surface area contributed by atoms with E-state index in [1.54, 1.807) is 0 Å². The molecule has 22 heavy (non-hydrogen) atoms. The molecule has 0 aromatic carbocycles. The molecule has 2 N–H and O–H groups in total. The van der Waals surface area contributed by atoms with Crippen molar-refractivity contribution in [3.8, 4) is 6.07 Å². The van der Waals surface area contributed by atoms with Gasteiger partial charge in [0.2, 0.25) is 0 Å². The van der Waals surface area contributed by atoms with Gasteiger partial charge in [-0.3, -0.25) is 4.79 Å². The number of carbonyl (C=O) groups excluding carboxylic acids is 1. The summed E-state index contributed by atoms with van der Waals surface area (Å²) in [7, 11) is 0. The van der Waals surface area contributed by atoms with E-state index in [-0.39, 0.29) is 23.0 Å². The topological polar surface area (TPSA) is 67.0 Å². The van der Waals surface area contributed by atoms with E-state index < -0.39 is 0 Å². The van der Waals surface area contributed by atoms with Crippen LogP contribution in [0.25, 0.3) is 0 Å². The maximum atomic E-state index is 12.8. The second kappa shape index (κ2) is 5.10. The molecule has 3 rings (SSSR count). The quantitative estimate of drug-likeness (QED) is 0.865. The molecule has 2 aliphatic rings. The van der Waals surface area contributed by atoms with Crippen molar-refractivity contribution < 1.29 is 9.78 Å². The van der Waals surface area contributed by atoms with Gasteiger partial charge in [0.05, 0.1) is 17.6 Å². The fourth-order valence-electron chi connectivity index (χ4n) is 3.57. The molecule has 2 atom stereocenters. The Morgan fingerprint density at radius 2 is 2.18 bits per heavy atom. The summed E-state index contributed by atoms with van der Waals surface area (Å²) in [6.45, 7) is 6.04. The van der Waals surface area contributed by atoms with E-state index in [2.05, 4.69) is 36.3 Å². The minimum absolute atomic E-state index is 0.145. The summed E-state index contributed by atoms with van der Waals surface area (Å²) in [4.78, 5) is 15.8. The first kappa shape index (κ1) is 14.5. The minimum atomic E-state index is -0.290. The van der Waals surface area contributed by atoms with Crippen molar-refractivity contribution in [2.75, 3.05) is 0 Å². The van der Waals surface area contributed by atoms with Crippen LogP contribution in [0.1, 0.15) is 38.7 Å². The monoisotopic (exact) mass is 294 g/mol. The zero-order valence-electron chi connectivity index (χ0n) is 13.1. The highest BCUT2D eigenvalue weighted by molar-refractivity contribution is 5.88. The number of rotatable bonds is 1. The lowest BCUT2D eigenvalue weighted by molar-refractivity contribution is -0.378. The lowest BCUT2D eigenvalue weighted by Crippen LogP contribution is -2.42. The number of carbonyl (C=O) groups is 1. The van der Waals surface area contributed by atoms with Crippen LogP contribution in [0.4, 0.5) is 0 Å². The minimum Gasteiger partial charge on any atom is -0.361 e. The molecule has 1 aliphatic carbocycles. The summed E-state index contributed by atoms with van der Waals surface area (Å²) < 4.78 is 0. The second-order valence-electron chi connectivity index (χ2n) is 6.80. The first-order valence-electron chi connectivity index (χ1n) is 7.52. The zero-order chi connectivity index (χ0) is 15.9. The summed E-state index contributed by atoms with van der Waals surface area (Å²) in [5, 5.41) is 12.9. The van der Waals surface area contributed by atoms with Gasteiger partial charge in [0, 0.05) is 35.4 Å². The highest BCUT2D eigenvalue weighted by Crippen LogP contribution is 2.46. The van der Waals surface area contributed by atoms with E-state index in [0.29, 0.717) is 12.0 Å². The number of ketones is 1. The molecule has 0 saturated carbocycles. The van der Waals surface area contributed by atoms with Gasteiger partial charge >= 0.3 is 0 Å². The van der Waals surface area contributed by atoms with Crippen molar-refractivity contribution in [3.63, 3.8) is 0 Å². The number of aromatic nitrogens is 1. The van der Waals surface area contributed by atoms with Crippen molar-refractivity contribution in [1.82, 2.24) is 5.32 Å². The third-order valence-corrected chi connectivity index (χ3v) is 4.45. The maximum absolute atomic E-state index is 12.8. The molecule has 112 valence electrons. The van der Waals surface area contributed by atoms with Crippen molar-refractivity contribution in [3.05, 3.63) is 53.1 Å². The number of hydrogen-bond donors (Lipinski definition) is 1. The van der Waals surface area contributed by atoms with Crippen LogP contribution >= 0.6 is 0 Å². The number of nitrogens with zero attached hydrogens (tertiary/aromatic N) is 1. The van der Waals surface area contributed by atoms with Crippen molar-refractivity contribution in [2.24, 2.45) is 11.3 Å². The van der Waals surface area contributed by atoms with Crippen molar-refractivity contribution >= 4 is 5.78 Å². The SMILES string of the molecule is CC1=C(C#N)C(c2ccc[nH+]c2)C2C(=O)CC(C)(C)C=C2N1. The second-order valence-corrected chi connectivity index (χ2v) is 6.80. The fraction of sp³-hybridized carbons (Fsp3) is 0.389. The molecule has 0 bridgehead atoms. The number of nitrogens with one attached hydrogen (secondary N) is 2. The molecule has 1 aromatic heterocycles. The molecule has 0 radical (unpaired) electrons. The van der Waals surface area contributed by atoms with Crippen molar-refractivity contribution in [2.45, 2.75) is 33.1 Å². The normalized spacial score (nSPS) is 26.6. The number of allylic oxidation sites excluding steroid dienone is 4. The molecular formula is C18H20N3O+. The van der Waals surface area contributed by atoms with Gasteiger partial charge in [-0.05, 0) is 18.4 Å². The molecule has 1 aliphatic heterocycles. The third kappa shape index (κ3) is 2.33. The Kier molecular flexibility index (Phi) is 3.37. The summed E-state index contributed by atoms with van der Waals surface area (Å²) in [6, 6.07) is 6.18. The predicted octanol–water partition coefficient (Wildman–Crippen LogP) is 2.48. The average Bonchev–Trinajstić information content (AvgIpc) is 2.45. The largest absolute Gasteiger partial charge is 0.361 e. The van der Waals surface area contributed by atoms with Gasteiger partial charge in [-0.15, -0.1) is 0 Å². The standard InChI is InChI=1S/C18H19N3O/c1-11-13(9-19)16(12-5-4-6-20-10-12)17-14(21-11)7-18(2,3)8-15(17)22/h4-7,10,16-17,21H,8H2,1-3H3/p+1. The van der Waals surface area contributed by atoms with Crippen LogP contribution in [-0.2, 0) is 4.79 Å². The van der Waals surface area contributed by atoms with Gasteiger partial charge in [0.1, 0.15) is 5.78 Å². The molecule has 4 heteroatoms. The Hall–Kier alpha value is -2.41. The van der Waals surface area contributed by atoms with E-state index in [0.717, 1.165) is 17.0 Å². The van der Waals surface area contributed by atoms with Gasteiger partial charge < -0.3 is 5.32 Å². The average molecular weight is 294 g/mol. The summed E-state index contributed by atoms with van der Waals surface area (Å²) >= 11 is 0. The van der Waals surface area contributed by atoms with Crippen molar-refractivity contribution in [1.29, 1.82) is 5.26 Å². The summed E-state index contributed by atoms with van der Waals surface area (Å²) in [6.07, 6.45) is 6.37. The molecular weight excluding hydrogens is 274 g/mol. The molecule has 2 heterocycles. The Balaban J connectivity index is 2.19. The Morgan fingerprint density at radius 3 is 2.82 bits per heavy atom. The van der Waals surface area contributed by atoms with E-state index >= 15 is 0 Å². The van der Waals surface area contributed by atoms with Gasteiger partial charge in [-0.2, -0.15) is 5.26 Å². The highest BCUT2D eigenvalue weighted by Gasteiger charge is 2.44. The van der Waals surface area contributed by atoms with Crippen LogP contribution in [0.2, 0.25) is 0 Å². The Morgan fingerprint density at radius 1 is 1.41 bits per heavy atom. The first-order valence-corrected chi connectivity index (χ1v) is 7.52. The van der Waals surface area contributed by atoms with Gasteiger partial charge in [-0.1, -0.05) is 19.9 Å². The summed E-state index contributed by atoms with van der Waals surface area (Å²) in [5.41, 5.74) is 3.25. The molecule has 0 saturated heterocycles. The number of nitriles is 1. The fourth-order valence-corrected chi connectivity index (χ4v) is 3.57. The first-order chi connectivity index (χ1) is 10.4. The van der Waals surface area contributed by atoms with Crippen LogP contribution in [0.5, 0.6) is 0 Å². The Bertz CT molecular complexity index is 722. The van der Waals surface area contributed by atoms with E-state index in [1.165, 1.54) is 0 Å². The number of H-pyrrole nitrogens is 1. The molecule has 0 spiro atoms. The summed E-state index contributed by atoms with van der Waals surface area (Å²) in [5.74, 6) is -0.301. The van der Waals surface area contributed by atoms with Crippen LogP contribution in [0.15, 0.2) is 47.6 Å². The number of fused-ring (bicyclic) bond motifs is 1. The highest BCUT2D eigenvalue weighted by atomic mass is 16.1. The maximum Gasteiger partial charge on any atom is 0.170 e. The smallest absolute Gasteiger partial charge is 0.170 e. The molecule has 0 amide bonds. The number of hydrogen-bond acceptors (Lipinski definition) is 3. The van der Waals surface area contributed by atoms with Gasteiger partial charge in [0.15, 0.2) is 12.4 Å². The number of pyridine rings is 1. The van der Waals surface area contributed by atoms with Crippen LogP contribution < -0.4 is 10.3 Å². The molecule has 1 aromatic rings. The van der Waals surface area contributed by atoms with Crippen LogP contribution in [0.3, 0.4) is 0 Å². The van der Waals surface area contributed by atoms with Crippen LogP contribution in [0, 0.1) is 22.7 Å². The lowest BCUT2D eigenvalue weighted by Gasteiger charge is -2.40. The third-order valence-electron chi connectivity index (χ3n) is 4.45. The zero-order valence-corrected chi connectivity index (χ0v) is 13.1. The number of aromatic amines is 1. The van der Waals surface area contributed by atoms with Crippen LogP contribution in [-0.4, -0.2) is 5.78 Å².